The van der Waals surface area contributed by atoms with Crippen molar-refractivity contribution < 1.29 is 8.42 Å². The molecule has 0 saturated heterocycles. The lowest BCUT2D eigenvalue weighted by molar-refractivity contribution is 0.581. The molecule has 0 radical (unpaired) electrons. The maximum absolute atomic E-state index is 12.1. The Morgan fingerprint density at radius 1 is 1.26 bits per heavy atom. The number of aryl methyl sites for hydroxylation is 1. The van der Waals surface area contributed by atoms with Crippen molar-refractivity contribution in [1.29, 1.82) is 0 Å². The summed E-state index contributed by atoms with van der Waals surface area (Å²) in [6.07, 6.45) is 2.69. The maximum atomic E-state index is 12.1. The van der Waals surface area contributed by atoms with Crippen LogP contribution in [-0.4, -0.2) is 13.4 Å². The average molecular weight is 297 g/mol. The van der Waals surface area contributed by atoms with Crippen molar-refractivity contribution in [3.8, 4) is 0 Å². The molecular weight excluding hydrogens is 284 g/mol. The Balaban J connectivity index is 2.20. The molecule has 2 rings (SSSR count). The van der Waals surface area contributed by atoms with Crippen LogP contribution >= 0.6 is 11.6 Å². The zero-order chi connectivity index (χ0) is 13.9. The number of rotatable bonds is 4. The van der Waals surface area contributed by atoms with E-state index in [2.05, 4.69) is 9.71 Å². The summed E-state index contributed by atoms with van der Waals surface area (Å²) < 4.78 is 26.7. The number of nitrogens with zero attached hydrogens (tertiary/aromatic N) is 1. The van der Waals surface area contributed by atoms with Gasteiger partial charge in [-0.2, -0.15) is 0 Å². The first-order valence-corrected chi connectivity index (χ1v) is 7.50. The van der Waals surface area contributed by atoms with E-state index in [1.165, 1.54) is 18.5 Å². The van der Waals surface area contributed by atoms with Gasteiger partial charge in [0.2, 0.25) is 10.0 Å². The molecule has 1 aromatic heterocycles. The Hall–Kier alpha value is -1.43. The van der Waals surface area contributed by atoms with Crippen LogP contribution in [-0.2, 0) is 16.6 Å². The third kappa shape index (κ3) is 3.32. The lowest BCUT2D eigenvalue weighted by atomic mass is 10.1. The van der Waals surface area contributed by atoms with E-state index in [-0.39, 0.29) is 16.5 Å². The number of hydrogen-bond acceptors (Lipinski definition) is 3. The second-order valence-electron chi connectivity index (χ2n) is 4.06. The average Bonchev–Trinajstić information content (AvgIpc) is 2.38. The molecule has 19 heavy (non-hydrogen) atoms. The number of pyridine rings is 1. The minimum absolute atomic E-state index is 0.00903. The first-order valence-electron chi connectivity index (χ1n) is 5.64. The monoisotopic (exact) mass is 296 g/mol. The highest BCUT2D eigenvalue weighted by Gasteiger charge is 2.17. The molecule has 0 amide bonds. The van der Waals surface area contributed by atoms with E-state index in [9.17, 15) is 8.42 Å². The molecule has 1 N–H and O–H groups in total. The van der Waals surface area contributed by atoms with E-state index in [0.29, 0.717) is 0 Å². The van der Waals surface area contributed by atoms with Crippen LogP contribution in [0.1, 0.15) is 11.1 Å². The summed E-state index contributed by atoms with van der Waals surface area (Å²) >= 11 is 5.86. The van der Waals surface area contributed by atoms with Crippen molar-refractivity contribution in [2.75, 3.05) is 0 Å². The van der Waals surface area contributed by atoms with E-state index in [0.717, 1.165) is 11.1 Å². The molecule has 0 aliphatic heterocycles. The van der Waals surface area contributed by atoms with E-state index in [1.807, 2.05) is 31.2 Å². The molecule has 2 aromatic rings. The van der Waals surface area contributed by atoms with Crippen molar-refractivity contribution in [1.82, 2.24) is 9.71 Å². The van der Waals surface area contributed by atoms with Crippen LogP contribution in [0.4, 0.5) is 0 Å². The number of benzene rings is 1. The normalized spacial score (nSPS) is 11.5. The lowest BCUT2D eigenvalue weighted by Gasteiger charge is -2.09. The predicted octanol–water partition coefficient (Wildman–Crippen LogP) is 2.52. The van der Waals surface area contributed by atoms with Gasteiger partial charge in [0, 0.05) is 18.9 Å². The summed E-state index contributed by atoms with van der Waals surface area (Å²) in [6, 6.07) is 9.03. The molecule has 0 bridgehead atoms. The van der Waals surface area contributed by atoms with E-state index < -0.39 is 10.0 Å². The molecule has 6 heteroatoms. The largest absolute Gasteiger partial charge is 0.263 e. The van der Waals surface area contributed by atoms with Crippen molar-refractivity contribution >= 4 is 21.6 Å². The van der Waals surface area contributed by atoms with Crippen LogP contribution in [0.2, 0.25) is 5.02 Å². The molecule has 0 spiro atoms. The first-order chi connectivity index (χ1) is 9.00. The summed E-state index contributed by atoms with van der Waals surface area (Å²) in [7, 11) is -3.65. The highest BCUT2D eigenvalue weighted by Crippen LogP contribution is 2.19. The molecule has 0 unspecified atom stereocenters. The fourth-order valence-corrected chi connectivity index (χ4v) is 3.05. The van der Waals surface area contributed by atoms with Gasteiger partial charge in [-0.1, -0.05) is 35.9 Å². The molecular formula is C13H13ClN2O2S. The van der Waals surface area contributed by atoms with Crippen LogP contribution < -0.4 is 4.72 Å². The highest BCUT2D eigenvalue weighted by atomic mass is 35.5. The molecule has 100 valence electrons. The van der Waals surface area contributed by atoms with Crippen molar-refractivity contribution in [3.05, 3.63) is 58.9 Å². The fraction of sp³-hybridized carbons (Fsp3) is 0.154. The lowest BCUT2D eigenvalue weighted by Crippen LogP contribution is -2.24. The minimum atomic E-state index is -3.65. The Morgan fingerprint density at radius 2 is 2.00 bits per heavy atom. The summed E-state index contributed by atoms with van der Waals surface area (Å²) in [5.74, 6) is 0. The Kier molecular flexibility index (Phi) is 4.19. The minimum Gasteiger partial charge on any atom is -0.263 e. The summed E-state index contributed by atoms with van der Waals surface area (Å²) in [4.78, 5) is 3.77. The standard InChI is InChI=1S/C13H13ClN2O2S/c1-10-4-2-3-5-11(10)8-16-19(17,18)13-9-15-7-6-12(13)14/h2-7,9,16H,8H2,1H3. The molecule has 1 heterocycles. The second kappa shape index (κ2) is 5.69. The first kappa shape index (κ1) is 14.0. The smallest absolute Gasteiger partial charge is 0.243 e. The van der Waals surface area contributed by atoms with Crippen LogP contribution in [0.3, 0.4) is 0 Å². The van der Waals surface area contributed by atoms with Gasteiger partial charge in [0.15, 0.2) is 0 Å². The second-order valence-corrected chi connectivity index (χ2v) is 6.20. The molecule has 0 aliphatic rings. The molecule has 4 nitrogen and oxygen atoms in total. The van der Waals surface area contributed by atoms with Gasteiger partial charge in [0.05, 0.1) is 5.02 Å². The third-order valence-corrected chi connectivity index (χ3v) is 4.61. The molecule has 0 aliphatic carbocycles. The van der Waals surface area contributed by atoms with E-state index in [1.54, 1.807) is 0 Å². The van der Waals surface area contributed by atoms with Gasteiger partial charge in [-0.3, -0.25) is 4.98 Å². The Bertz CT molecular complexity index is 687. The zero-order valence-electron chi connectivity index (χ0n) is 10.3. The number of aromatic nitrogens is 1. The number of nitrogens with one attached hydrogen (secondary N) is 1. The van der Waals surface area contributed by atoms with Gasteiger partial charge in [0.25, 0.3) is 0 Å². The van der Waals surface area contributed by atoms with Crippen LogP contribution in [0.25, 0.3) is 0 Å². The third-order valence-electron chi connectivity index (χ3n) is 2.74. The van der Waals surface area contributed by atoms with Crippen LogP contribution in [0, 0.1) is 6.92 Å². The fourth-order valence-electron chi connectivity index (χ4n) is 1.62. The summed E-state index contributed by atoms with van der Waals surface area (Å²) in [6.45, 7) is 2.15. The van der Waals surface area contributed by atoms with Gasteiger partial charge in [-0.15, -0.1) is 0 Å². The summed E-state index contributed by atoms with van der Waals surface area (Å²) in [5.41, 5.74) is 1.95. The summed E-state index contributed by atoms with van der Waals surface area (Å²) in [5, 5.41) is 0.160. The number of halogens is 1. The van der Waals surface area contributed by atoms with Crippen molar-refractivity contribution in [2.24, 2.45) is 0 Å². The quantitative estimate of drug-likeness (QED) is 0.943. The number of hydrogen-bond donors (Lipinski definition) is 1. The highest BCUT2D eigenvalue weighted by molar-refractivity contribution is 7.89. The van der Waals surface area contributed by atoms with Gasteiger partial charge in [0.1, 0.15) is 4.90 Å². The molecule has 0 fully saturated rings. The maximum Gasteiger partial charge on any atom is 0.243 e. The van der Waals surface area contributed by atoms with Crippen LogP contribution in [0.15, 0.2) is 47.6 Å². The van der Waals surface area contributed by atoms with Gasteiger partial charge in [-0.25, -0.2) is 13.1 Å². The number of sulfonamides is 1. The van der Waals surface area contributed by atoms with E-state index in [4.69, 9.17) is 11.6 Å². The van der Waals surface area contributed by atoms with Gasteiger partial charge in [-0.05, 0) is 24.1 Å². The zero-order valence-corrected chi connectivity index (χ0v) is 11.9. The molecule has 1 aromatic carbocycles. The molecule has 0 atom stereocenters. The predicted molar refractivity (Wildman–Crippen MR) is 74.5 cm³/mol. The Morgan fingerprint density at radius 3 is 2.68 bits per heavy atom. The SMILES string of the molecule is Cc1ccccc1CNS(=O)(=O)c1cnccc1Cl. The van der Waals surface area contributed by atoms with Gasteiger partial charge >= 0.3 is 0 Å². The van der Waals surface area contributed by atoms with Crippen molar-refractivity contribution in [3.63, 3.8) is 0 Å². The van der Waals surface area contributed by atoms with Crippen LogP contribution in [0.5, 0.6) is 0 Å². The van der Waals surface area contributed by atoms with Gasteiger partial charge < -0.3 is 0 Å². The Labute approximate surface area is 117 Å². The molecule has 0 saturated carbocycles. The van der Waals surface area contributed by atoms with E-state index >= 15 is 0 Å². The topological polar surface area (TPSA) is 59.1 Å². The van der Waals surface area contributed by atoms with Crippen molar-refractivity contribution in [2.45, 2.75) is 18.4 Å².